The molecule has 3 unspecified atom stereocenters. The molecule has 3 atom stereocenters. The lowest BCUT2D eigenvalue weighted by Gasteiger charge is -2.20. The fourth-order valence-electron chi connectivity index (χ4n) is 3.22. The van der Waals surface area contributed by atoms with E-state index in [0.29, 0.717) is 11.7 Å². The predicted molar refractivity (Wildman–Crippen MR) is 55.1 cm³/mol. The number of ether oxygens (including phenoxy) is 1. The molecule has 0 amide bonds. The van der Waals surface area contributed by atoms with Crippen molar-refractivity contribution in [2.75, 3.05) is 13.7 Å². The number of ketones is 1. The highest BCUT2D eigenvalue weighted by Crippen LogP contribution is 2.48. The Morgan fingerprint density at radius 2 is 2.21 bits per heavy atom. The van der Waals surface area contributed by atoms with Gasteiger partial charge in [0.25, 0.3) is 0 Å². The summed E-state index contributed by atoms with van der Waals surface area (Å²) < 4.78 is 4.96. The van der Waals surface area contributed by atoms with Crippen molar-refractivity contribution >= 4 is 5.78 Å². The van der Waals surface area contributed by atoms with Crippen LogP contribution in [0.4, 0.5) is 0 Å². The van der Waals surface area contributed by atoms with Crippen LogP contribution in [-0.2, 0) is 9.53 Å². The Morgan fingerprint density at radius 1 is 1.36 bits per heavy atom. The first-order valence-corrected chi connectivity index (χ1v) is 5.83. The first-order chi connectivity index (χ1) is 6.81. The summed E-state index contributed by atoms with van der Waals surface area (Å²) >= 11 is 0. The summed E-state index contributed by atoms with van der Waals surface area (Å²) in [6.07, 6.45) is 6.86. The molecule has 2 nitrogen and oxygen atoms in total. The SMILES string of the molecule is COCCCC(=O)C1CC2CCC1C2. The molecule has 2 heteroatoms. The Morgan fingerprint density at radius 3 is 2.79 bits per heavy atom. The normalized spacial score (nSPS) is 35.1. The molecule has 80 valence electrons. The fraction of sp³-hybridized carbons (Fsp3) is 0.917. The van der Waals surface area contributed by atoms with Gasteiger partial charge in [-0.05, 0) is 37.5 Å². The average Bonchev–Trinajstić information content (AvgIpc) is 2.79. The summed E-state index contributed by atoms with van der Waals surface area (Å²) in [5, 5.41) is 0. The van der Waals surface area contributed by atoms with E-state index in [2.05, 4.69) is 0 Å². The van der Waals surface area contributed by atoms with Crippen molar-refractivity contribution in [1.29, 1.82) is 0 Å². The van der Waals surface area contributed by atoms with Crippen LogP contribution in [0.3, 0.4) is 0 Å². The molecule has 2 fully saturated rings. The van der Waals surface area contributed by atoms with E-state index in [1.165, 1.54) is 25.7 Å². The van der Waals surface area contributed by atoms with Gasteiger partial charge >= 0.3 is 0 Å². The molecule has 0 radical (unpaired) electrons. The summed E-state index contributed by atoms with van der Waals surface area (Å²) in [7, 11) is 1.70. The number of fused-ring (bicyclic) bond motifs is 2. The molecule has 2 aliphatic carbocycles. The Labute approximate surface area is 86.0 Å². The second-order valence-electron chi connectivity index (χ2n) is 4.84. The molecule has 0 spiro atoms. The van der Waals surface area contributed by atoms with Crippen LogP contribution in [0.1, 0.15) is 38.5 Å². The number of Topliss-reactive ketones (excluding diaryl/α,β-unsaturated/α-hetero) is 1. The van der Waals surface area contributed by atoms with Crippen LogP contribution in [-0.4, -0.2) is 19.5 Å². The van der Waals surface area contributed by atoms with Crippen molar-refractivity contribution in [2.24, 2.45) is 17.8 Å². The van der Waals surface area contributed by atoms with E-state index in [9.17, 15) is 4.79 Å². The Kier molecular flexibility index (Phi) is 3.22. The Balaban J connectivity index is 1.75. The lowest BCUT2D eigenvalue weighted by molar-refractivity contribution is -0.124. The molecule has 0 N–H and O–H groups in total. The first-order valence-electron chi connectivity index (χ1n) is 5.83. The topological polar surface area (TPSA) is 26.3 Å². The smallest absolute Gasteiger partial charge is 0.136 e. The molecular weight excluding hydrogens is 176 g/mol. The van der Waals surface area contributed by atoms with E-state index in [-0.39, 0.29) is 0 Å². The van der Waals surface area contributed by atoms with Crippen LogP contribution in [0.15, 0.2) is 0 Å². The standard InChI is InChI=1S/C12H20O2/c1-14-6-2-3-12(13)11-8-9-4-5-10(11)7-9/h9-11H,2-8H2,1H3. The van der Waals surface area contributed by atoms with Gasteiger partial charge in [0.05, 0.1) is 0 Å². The van der Waals surface area contributed by atoms with E-state index in [1.807, 2.05) is 0 Å². The predicted octanol–water partition coefficient (Wildman–Crippen LogP) is 2.42. The zero-order valence-electron chi connectivity index (χ0n) is 9.00. The Bertz CT molecular complexity index is 212. The summed E-state index contributed by atoms with van der Waals surface area (Å²) in [6.45, 7) is 0.729. The third-order valence-corrected chi connectivity index (χ3v) is 3.92. The van der Waals surface area contributed by atoms with E-state index >= 15 is 0 Å². The lowest BCUT2D eigenvalue weighted by Crippen LogP contribution is -2.21. The van der Waals surface area contributed by atoms with E-state index < -0.39 is 0 Å². The zero-order chi connectivity index (χ0) is 9.97. The van der Waals surface area contributed by atoms with Crippen LogP contribution < -0.4 is 0 Å². The molecule has 2 aliphatic rings. The highest BCUT2D eigenvalue weighted by Gasteiger charge is 2.42. The Hall–Kier alpha value is -0.370. The second kappa shape index (κ2) is 4.43. The number of methoxy groups -OCH3 is 1. The number of hydrogen-bond donors (Lipinski definition) is 0. The van der Waals surface area contributed by atoms with Gasteiger partial charge in [0.15, 0.2) is 0 Å². The third-order valence-electron chi connectivity index (χ3n) is 3.92. The first kappa shape index (κ1) is 10.2. The van der Waals surface area contributed by atoms with Gasteiger partial charge in [0, 0.05) is 26.1 Å². The minimum atomic E-state index is 0.422. The van der Waals surface area contributed by atoms with E-state index in [0.717, 1.165) is 31.3 Å². The monoisotopic (exact) mass is 196 g/mol. The van der Waals surface area contributed by atoms with Crippen molar-refractivity contribution in [3.63, 3.8) is 0 Å². The van der Waals surface area contributed by atoms with Crippen molar-refractivity contribution in [3.05, 3.63) is 0 Å². The third kappa shape index (κ3) is 2.00. The van der Waals surface area contributed by atoms with Gasteiger partial charge in [-0.25, -0.2) is 0 Å². The van der Waals surface area contributed by atoms with Gasteiger partial charge in [-0.2, -0.15) is 0 Å². The maximum Gasteiger partial charge on any atom is 0.136 e. The quantitative estimate of drug-likeness (QED) is 0.631. The summed E-state index contributed by atoms with van der Waals surface area (Å²) in [5.41, 5.74) is 0. The molecule has 0 aromatic carbocycles. The summed E-state index contributed by atoms with van der Waals surface area (Å²) in [4.78, 5) is 11.9. The minimum absolute atomic E-state index is 0.422. The fourth-order valence-corrected chi connectivity index (χ4v) is 3.22. The van der Waals surface area contributed by atoms with Crippen LogP contribution in [0.5, 0.6) is 0 Å². The molecule has 14 heavy (non-hydrogen) atoms. The van der Waals surface area contributed by atoms with Crippen molar-refractivity contribution in [2.45, 2.75) is 38.5 Å². The molecule has 2 saturated carbocycles. The average molecular weight is 196 g/mol. The van der Waals surface area contributed by atoms with Gasteiger partial charge < -0.3 is 4.74 Å². The van der Waals surface area contributed by atoms with Crippen LogP contribution in [0.2, 0.25) is 0 Å². The molecule has 2 rings (SSSR count). The molecule has 0 heterocycles. The van der Waals surface area contributed by atoms with E-state index in [4.69, 9.17) is 4.74 Å². The highest BCUT2D eigenvalue weighted by molar-refractivity contribution is 5.81. The van der Waals surface area contributed by atoms with Gasteiger partial charge in [0.1, 0.15) is 5.78 Å². The molecule has 0 aromatic heterocycles. The van der Waals surface area contributed by atoms with Gasteiger partial charge in [-0.15, -0.1) is 0 Å². The molecular formula is C12H20O2. The highest BCUT2D eigenvalue weighted by atomic mass is 16.5. The molecule has 2 bridgehead atoms. The second-order valence-corrected chi connectivity index (χ2v) is 4.84. The number of hydrogen-bond acceptors (Lipinski definition) is 2. The minimum Gasteiger partial charge on any atom is -0.385 e. The number of carbonyl (C=O) groups excluding carboxylic acids is 1. The maximum absolute atomic E-state index is 11.9. The van der Waals surface area contributed by atoms with Gasteiger partial charge in [-0.1, -0.05) is 6.42 Å². The summed E-state index contributed by atoms with van der Waals surface area (Å²) in [6, 6.07) is 0. The van der Waals surface area contributed by atoms with Crippen molar-refractivity contribution in [1.82, 2.24) is 0 Å². The van der Waals surface area contributed by atoms with Crippen LogP contribution in [0, 0.1) is 17.8 Å². The maximum atomic E-state index is 11.9. The van der Waals surface area contributed by atoms with Crippen molar-refractivity contribution in [3.8, 4) is 0 Å². The molecule has 0 aliphatic heterocycles. The largest absolute Gasteiger partial charge is 0.385 e. The molecule has 0 saturated heterocycles. The zero-order valence-corrected chi connectivity index (χ0v) is 9.00. The number of carbonyl (C=O) groups is 1. The van der Waals surface area contributed by atoms with E-state index in [1.54, 1.807) is 7.11 Å². The van der Waals surface area contributed by atoms with Gasteiger partial charge in [-0.3, -0.25) is 4.79 Å². The molecule has 0 aromatic rings. The summed E-state index contributed by atoms with van der Waals surface area (Å²) in [5.74, 6) is 2.56. The van der Waals surface area contributed by atoms with Crippen molar-refractivity contribution < 1.29 is 9.53 Å². The lowest BCUT2D eigenvalue weighted by atomic mass is 9.84. The number of rotatable bonds is 5. The van der Waals surface area contributed by atoms with Gasteiger partial charge in [0.2, 0.25) is 0 Å². The van der Waals surface area contributed by atoms with Crippen LogP contribution >= 0.6 is 0 Å². The van der Waals surface area contributed by atoms with Crippen LogP contribution in [0.25, 0.3) is 0 Å².